The summed E-state index contributed by atoms with van der Waals surface area (Å²) in [5.74, 6) is 2.01. The van der Waals surface area contributed by atoms with Crippen LogP contribution >= 0.6 is 11.8 Å². The average Bonchev–Trinajstić information content (AvgIpc) is 2.76. The Balaban J connectivity index is 1.99. The summed E-state index contributed by atoms with van der Waals surface area (Å²) in [5, 5.41) is 3.87. The number of aromatic nitrogens is 3. The third-order valence-corrected chi connectivity index (χ3v) is 3.06. The standard InChI is InChI=1S/C10H12N4OS/c1-2-10-13-9(14-15-10)6-16-8-3-4-12-5-7(8)11/h3-5H,2,6,11H2,1H3. The second-order valence-corrected chi connectivity index (χ2v) is 4.18. The highest BCUT2D eigenvalue weighted by Crippen LogP contribution is 2.25. The van der Waals surface area contributed by atoms with Crippen LogP contribution in [-0.2, 0) is 12.2 Å². The van der Waals surface area contributed by atoms with Crippen molar-refractivity contribution in [1.82, 2.24) is 15.1 Å². The fraction of sp³-hybridized carbons (Fsp3) is 0.300. The van der Waals surface area contributed by atoms with E-state index in [1.54, 1.807) is 24.2 Å². The summed E-state index contributed by atoms with van der Waals surface area (Å²) in [5.41, 5.74) is 6.44. The van der Waals surface area contributed by atoms with Gasteiger partial charge in [0.2, 0.25) is 5.89 Å². The second kappa shape index (κ2) is 4.98. The second-order valence-electron chi connectivity index (χ2n) is 3.16. The first-order valence-electron chi connectivity index (χ1n) is 4.93. The minimum absolute atomic E-state index is 0.651. The predicted molar refractivity (Wildman–Crippen MR) is 61.9 cm³/mol. The molecule has 2 rings (SSSR count). The van der Waals surface area contributed by atoms with E-state index < -0.39 is 0 Å². The predicted octanol–water partition coefficient (Wildman–Crippen LogP) is 1.90. The van der Waals surface area contributed by atoms with Crippen molar-refractivity contribution in [3.05, 3.63) is 30.2 Å². The number of nitrogens with zero attached hydrogens (tertiary/aromatic N) is 3. The van der Waals surface area contributed by atoms with E-state index in [0.29, 0.717) is 23.2 Å². The fourth-order valence-corrected chi connectivity index (χ4v) is 1.94. The van der Waals surface area contributed by atoms with Crippen molar-refractivity contribution in [2.24, 2.45) is 0 Å². The van der Waals surface area contributed by atoms with Crippen LogP contribution in [-0.4, -0.2) is 15.1 Å². The van der Waals surface area contributed by atoms with Crippen molar-refractivity contribution in [3.63, 3.8) is 0 Å². The maximum Gasteiger partial charge on any atom is 0.226 e. The maximum atomic E-state index is 5.77. The van der Waals surface area contributed by atoms with Crippen LogP contribution in [0, 0.1) is 0 Å². The molecule has 0 aliphatic rings. The number of nitrogens with two attached hydrogens (primary N) is 1. The Morgan fingerprint density at radius 3 is 3.06 bits per heavy atom. The van der Waals surface area contributed by atoms with Gasteiger partial charge in [-0.25, -0.2) is 0 Å². The molecule has 0 bridgehead atoms. The summed E-state index contributed by atoms with van der Waals surface area (Å²) < 4.78 is 5.01. The molecule has 2 aromatic heterocycles. The lowest BCUT2D eigenvalue weighted by Gasteiger charge is -2.01. The molecule has 2 heterocycles. The molecule has 5 nitrogen and oxygen atoms in total. The Morgan fingerprint density at radius 2 is 2.38 bits per heavy atom. The number of aryl methyl sites for hydroxylation is 1. The van der Waals surface area contributed by atoms with Crippen LogP contribution in [0.4, 0.5) is 5.69 Å². The van der Waals surface area contributed by atoms with Gasteiger partial charge in [-0.3, -0.25) is 4.98 Å². The monoisotopic (exact) mass is 236 g/mol. The van der Waals surface area contributed by atoms with E-state index in [1.807, 2.05) is 13.0 Å². The molecular weight excluding hydrogens is 224 g/mol. The summed E-state index contributed by atoms with van der Waals surface area (Å²) in [4.78, 5) is 9.13. The van der Waals surface area contributed by atoms with Crippen molar-refractivity contribution in [2.75, 3.05) is 5.73 Å². The minimum atomic E-state index is 0.651. The Kier molecular flexibility index (Phi) is 3.40. The van der Waals surface area contributed by atoms with Gasteiger partial charge in [0, 0.05) is 17.5 Å². The molecule has 0 amide bonds. The van der Waals surface area contributed by atoms with Crippen molar-refractivity contribution in [2.45, 2.75) is 24.0 Å². The number of rotatable bonds is 4. The van der Waals surface area contributed by atoms with Crippen LogP contribution < -0.4 is 5.73 Å². The number of thioether (sulfide) groups is 1. The van der Waals surface area contributed by atoms with Gasteiger partial charge < -0.3 is 10.3 Å². The lowest BCUT2D eigenvalue weighted by atomic mass is 10.4. The number of anilines is 1. The summed E-state index contributed by atoms with van der Waals surface area (Å²) in [6.07, 6.45) is 4.11. The van der Waals surface area contributed by atoms with E-state index in [9.17, 15) is 0 Å². The molecule has 16 heavy (non-hydrogen) atoms. The molecule has 2 aromatic rings. The molecule has 0 aromatic carbocycles. The third-order valence-electron chi connectivity index (χ3n) is 1.98. The molecule has 0 saturated carbocycles. The SMILES string of the molecule is CCc1nc(CSc2ccncc2N)no1. The molecule has 0 unspecified atom stereocenters. The highest BCUT2D eigenvalue weighted by atomic mass is 32.2. The van der Waals surface area contributed by atoms with Gasteiger partial charge in [0.1, 0.15) is 0 Å². The zero-order chi connectivity index (χ0) is 11.4. The van der Waals surface area contributed by atoms with Crippen LogP contribution in [0.2, 0.25) is 0 Å². The highest BCUT2D eigenvalue weighted by molar-refractivity contribution is 7.98. The van der Waals surface area contributed by atoms with E-state index in [4.69, 9.17) is 10.3 Å². The van der Waals surface area contributed by atoms with Gasteiger partial charge in [-0.2, -0.15) is 4.98 Å². The number of nitrogen functional groups attached to an aromatic ring is 1. The van der Waals surface area contributed by atoms with Gasteiger partial charge >= 0.3 is 0 Å². The molecule has 0 spiro atoms. The molecule has 6 heteroatoms. The van der Waals surface area contributed by atoms with Gasteiger partial charge in [0.05, 0.1) is 17.6 Å². The first-order chi connectivity index (χ1) is 7.79. The van der Waals surface area contributed by atoms with Crippen molar-refractivity contribution in [1.29, 1.82) is 0 Å². The first kappa shape index (κ1) is 10.9. The Morgan fingerprint density at radius 1 is 1.50 bits per heavy atom. The lowest BCUT2D eigenvalue weighted by Crippen LogP contribution is -1.91. The zero-order valence-corrected chi connectivity index (χ0v) is 9.70. The number of pyridine rings is 1. The van der Waals surface area contributed by atoms with Gasteiger partial charge in [-0.15, -0.1) is 11.8 Å². The summed E-state index contributed by atoms with van der Waals surface area (Å²) in [6, 6.07) is 1.88. The molecule has 0 aliphatic heterocycles. The topological polar surface area (TPSA) is 77.8 Å². The third kappa shape index (κ3) is 2.52. The first-order valence-corrected chi connectivity index (χ1v) is 5.92. The normalized spacial score (nSPS) is 10.6. The molecule has 2 N–H and O–H groups in total. The van der Waals surface area contributed by atoms with E-state index in [-0.39, 0.29) is 0 Å². The summed E-state index contributed by atoms with van der Waals surface area (Å²) in [7, 11) is 0. The molecule has 84 valence electrons. The Bertz CT molecular complexity index is 471. The lowest BCUT2D eigenvalue weighted by molar-refractivity contribution is 0.378. The highest BCUT2D eigenvalue weighted by Gasteiger charge is 2.06. The van der Waals surface area contributed by atoms with Crippen LogP contribution in [0.15, 0.2) is 27.9 Å². The van der Waals surface area contributed by atoms with Crippen LogP contribution in [0.1, 0.15) is 18.6 Å². The summed E-state index contributed by atoms with van der Waals surface area (Å²) in [6.45, 7) is 1.98. The maximum absolute atomic E-state index is 5.77. The van der Waals surface area contributed by atoms with E-state index >= 15 is 0 Å². The molecule has 0 fully saturated rings. The molecule has 0 saturated heterocycles. The number of hydrogen-bond donors (Lipinski definition) is 1. The quantitative estimate of drug-likeness (QED) is 0.817. The molecule has 0 radical (unpaired) electrons. The zero-order valence-electron chi connectivity index (χ0n) is 8.88. The molecular formula is C10H12N4OS. The Hall–Kier alpha value is -1.56. The van der Waals surface area contributed by atoms with Crippen molar-refractivity contribution >= 4 is 17.4 Å². The van der Waals surface area contributed by atoms with Gasteiger partial charge in [0.15, 0.2) is 5.82 Å². The van der Waals surface area contributed by atoms with Crippen molar-refractivity contribution in [3.8, 4) is 0 Å². The largest absolute Gasteiger partial charge is 0.397 e. The summed E-state index contributed by atoms with van der Waals surface area (Å²) >= 11 is 1.57. The van der Waals surface area contributed by atoms with Crippen LogP contribution in [0.25, 0.3) is 0 Å². The van der Waals surface area contributed by atoms with Gasteiger partial charge in [-0.05, 0) is 6.07 Å². The van der Waals surface area contributed by atoms with E-state index in [1.165, 1.54) is 0 Å². The van der Waals surface area contributed by atoms with Crippen molar-refractivity contribution < 1.29 is 4.52 Å². The average molecular weight is 236 g/mol. The minimum Gasteiger partial charge on any atom is -0.397 e. The number of hydrogen-bond acceptors (Lipinski definition) is 6. The smallest absolute Gasteiger partial charge is 0.226 e. The molecule has 0 aliphatic carbocycles. The van der Waals surface area contributed by atoms with E-state index in [2.05, 4.69) is 15.1 Å². The van der Waals surface area contributed by atoms with E-state index in [0.717, 1.165) is 11.3 Å². The van der Waals surface area contributed by atoms with Crippen LogP contribution in [0.3, 0.4) is 0 Å². The fourth-order valence-electron chi connectivity index (χ4n) is 1.16. The van der Waals surface area contributed by atoms with Gasteiger partial charge in [-0.1, -0.05) is 12.1 Å². The molecule has 0 atom stereocenters. The Labute approximate surface area is 97.5 Å². The van der Waals surface area contributed by atoms with Gasteiger partial charge in [0.25, 0.3) is 0 Å². The van der Waals surface area contributed by atoms with Crippen LogP contribution in [0.5, 0.6) is 0 Å².